The third-order valence-electron chi connectivity index (χ3n) is 0.195. The molecule has 0 saturated heterocycles. The molecular formula is C2H3ClFNaO2. The van der Waals surface area contributed by atoms with Crippen molar-refractivity contribution in [3.8, 4) is 0 Å². The van der Waals surface area contributed by atoms with Crippen LogP contribution in [0.4, 0.5) is 4.39 Å². The molecule has 0 saturated carbocycles. The normalized spacial score (nSPS) is 6.57. The molecule has 5 heteroatoms. The van der Waals surface area contributed by atoms with E-state index in [0.29, 0.717) is 0 Å². The van der Waals surface area contributed by atoms with Gasteiger partial charge in [-0.3, -0.25) is 0 Å². The molecule has 0 spiro atoms. The molecule has 0 N–H and O–H groups in total. The molecule has 0 aromatic rings. The van der Waals surface area contributed by atoms with Gasteiger partial charge in [0.05, 0.1) is 0 Å². The van der Waals surface area contributed by atoms with E-state index in [1.807, 2.05) is 0 Å². The Morgan fingerprint density at radius 2 is 2.29 bits per heavy atom. The molecule has 0 atom stereocenters. The quantitative estimate of drug-likeness (QED) is 0.475. The zero-order valence-corrected chi connectivity index (χ0v) is 3.54. The molecule has 0 aliphatic rings. The van der Waals surface area contributed by atoms with Crippen molar-refractivity contribution in [2.24, 2.45) is 0 Å². The molecule has 7 heavy (non-hydrogen) atoms. The second-order valence-electron chi connectivity index (χ2n) is 0.583. The summed E-state index contributed by atoms with van der Waals surface area (Å²) in [5, 5.41) is 0. The van der Waals surface area contributed by atoms with E-state index in [-0.39, 0.29) is 29.6 Å². The van der Waals surface area contributed by atoms with Crippen molar-refractivity contribution in [3.63, 3.8) is 0 Å². The number of halogens is 2. The Hall–Kier alpha value is 0.690. The van der Waals surface area contributed by atoms with Crippen LogP contribution in [0.3, 0.4) is 0 Å². The molecular weight excluding hydrogens is 133 g/mol. The fourth-order valence-electron chi connectivity index (χ4n) is 0.0206. The monoisotopic (exact) mass is 136 g/mol. The summed E-state index contributed by atoms with van der Waals surface area (Å²) >= 11 is 4.36. The van der Waals surface area contributed by atoms with Crippen LogP contribution in [0.25, 0.3) is 0 Å². The van der Waals surface area contributed by atoms with Gasteiger partial charge >= 0.3 is 35.5 Å². The van der Waals surface area contributed by atoms with Crippen LogP contribution in [0.2, 0.25) is 0 Å². The first-order chi connectivity index (χ1) is 2.81. The minimum absolute atomic E-state index is 0. The third kappa shape index (κ3) is 6.69. The summed E-state index contributed by atoms with van der Waals surface area (Å²) in [5.41, 5.74) is 0. The van der Waals surface area contributed by atoms with Crippen LogP contribution in [-0.2, 0) is 9.08 Å². The van der Waals surface area contributed by atoms with Gasteiger partial charge in [0, 0.05) is 0 Å². The Kier molecular flexibility index (Phi) is 10.2. The number of hydrogen-bond donors (Lipinski definition) is 0. The summed E-state index contributed by atoms with van der Waals surface area (Å²) in [6, 6.07) is 0. The van der Waals surface area contributed by atoms with Gasteiger partial charge in [-0.05, 0) is 0 Å². The molecule has 0 bridgehead atoms. The van der Waals surface area contributed by atoms with Crippen LogP contribution in [0.15, 0.2) is 0 Å². The summed E-state index contributed by atoms with van der Waals surface area (Å²) in [5.74, 6) is -1.06. The van der Waals surface area contributed by atoms with Gasteiger partial charge in [0.15, 0.2) is 6.67 Å². The van der Waals surface area contributed by atoms with Gasteiger partial charge in [-0.2, -0.15) is 0 Å². The van der Waals surface area contributed by atoms with Crippen molar-refractivity contribution >= 4 is 47.4 Å². The SMILES string of the molecule is O=C(CF)OCl.[NaH]. The van der Waals surface area contributed by atoms with Crippen molar-refractivity contribution in [1.29, 1.82) is 0 Å². The number of rotatable bonds is 1. The van der Waals surface area contributed by atoms with Gasteiger partial charge < -0.3 is 4.29 Å². The van der Waals surface area contributed by atoms with E-state index in [1.54, 1.807) is 0 Å². The number of hydrogen-bond acceptors (Lipinski definition) is 2. The van der Waals surface area contributed by atoms with E-state index in [9.17, 15) is 9.18 Å². The fourth-order valence-corrected chi connectivity index (χ4v) is 0.0619. The Labute approximate surface area is 67.4 Å². The first kappa shape index (κ1) is 10.6. The average molecular weight is 136 g/mol. The maximum absolute atomic E-state index is 10.8. The Morgan fingerprint density at radius 1 is 1.86 bits per heavy atom. The summed E-state index contributed by atoms with van der Waals surface area (Å²) in [6.45, 7) is -1.16. The Bertz CT molecular complexity index is 53.7. The molecule has 2 nitrogen and oxygen atoms in total. The van der Waals surface area contributed by atoms with Crippen LogP contribution < -0.4 is 0 Å². The predicted molar refractivity (Wildman–Crippen MR) is 25.1 cm³/mol. The second-order valence-corrected chi connectivity index (χ2v) is 0.737. The Morgan fingerprint density at radius 3 is 2.29 bits per heavy atom. The molecule has 0 amide bonds. The third-order valence-corrected chi connectivity index (χ3v) is 0.367. The molecule has 0 unspecified atom stereocenters. The molecule has 38 valence electrons. The van der Waals surface area contributed by atoms with Gasteiger partial charge in [-0.1, -0.05) is 0 Å². The number of carbonyl (C=O) groups excluding carboxylic acids is 1. The van der Waals surface area contributed by atoms with E-state index in [0.717, 1.165) is 0 Å². The van der Waals surface area contributed by atoms with E-state index >= 15 is 0 Å². The number of carbonyl (C=O) groups is 1. The predicted octanol–water partition coefficient (Wildman–Crippen LogP) is 0.00440. The van der Waals surface area contributed by atoms with Crippen LogP contribution in [0, 0.1) is 0 Å². The molecule has 0 aliphatic carbocycles. The van der Waals surface area contributed by atoms with Gasteiger partial charge in [0.25, 0.3) is 0 Å². The van der Waals surface area contributed by atoms with Crippen LogP contribution >= 0.6 is 11.9 Å². The molecule has 0 aromatic heterocycles. The van der Waals surface area contributed by atoms with Crippen molar-refractivity contribution in [2.75, 3.05) is 6.67 Å². The van der Waals surface area contributed by atoms with E-state index < -0.39 is 12.6 Å². The van der Waals surface area contributed by atoms with Gasteiger partial charge in [0.2, 0.25) is 0 Å². The van der Waals surface area contributed by atoms with E-state index in [1.165, 1.54) is 0 Å². The van der Waals surface area contributed by atoms with Crippen LogP contribution in [0.1, 0.15) is 0 Å². The Balaban J connectivity index is 0. The molecule has 0 fully saturated rings. The molecule has 0 aliphatic heterocycles. The second kappa shape index (κ2) is 6.69. The minimum atomic E-state index is -1.16. The maximum atomic E-state index is 10.8. The number of alkyl halides is 1. The first-order valence-corrected chi connectivity index (χ1v) is 1.49. The van der Waals surface area contributed by atoms with Crippen molar-refractivity contribution in [1.82, 2.24) is 0 Å². The molecule has 0 heterocycles. The summed E-state index contributed by atoms with van der Waals surface area (Å²) in [4.78, 5) is 9.45. The average Bonchev–Trinajstić information content (AvgIpc) is 1.65. The summed E-state index contributed by atoms with van der Waals surface area (Å²) < 4.78 is 14.2. The van der Waals surface area contributed by atoms with Crippen LogP contribution in [-0.4, -0.2) is 42.2 Å². The van der Waals surface area contributed by atoms with E-state index in [2.05, 4.69) is 16.2 Å². The summed E-state index contributed by atoms with van der Waals surface area (Å²) in [6.07, 6.45) is 0. The zero-order chi connectivity index (χ0) is 4.99. The van der Waals surface area contributed by atoms with Crippen molar-refractivity contribution in [2.45, 2.75) is 0 Å². The standard InChI is InChI=1S/C2H2ClFO2.Na.H/c3-6-2(5)1-4;;/h1H2;;. The van der Waals surface area contributed by atoms with E-state index in [4.69, 9.17) is 0 Å². The zero-order valence-electron chi connectivity index (χ0n) is 2.78. The van der Waals surface area contributed by atoms with Gasteiger partial charge in [0.1, 0.15) is 11.9 Å². The molecule has 0 rings (SSSR count). The van der Waals surface area contributed by atoms with Gasteiger partial charge in [-0.15, -0.1) is 0 Å². The van der Waals surface area contributed by atoms with Gasteiger partial charge in [-0.25, -0.2) is 9.18 Å². The summed E-state index contributed by atoms with van der Waals surface area (Å²) in [7, 11) is 0. The fraction of sp³-hybridized carbons (Fsp3) is 0.500. The molecule has 0 radical (unpaired) electrons. The first-order valence-electron chi connectivity index (χ1n) is 1.18. The molecule has 0 aromatic carbocycles. The van der Waals surface area contributed by atoms with Crippen LogP contribution in [0.5, 0.6) is 0 Å². The van der Waals surface area contributed by atoms with Crippen molar-refractivity contribution in [3.05, 3.63) is 0 Å². The van der Waals surface area contributed by atoms with Crippen molar-refractivity contribution < 1.29 is 13.5 Å². The topological polar surface area (TPSA) is 26.3 Å².